The molecule has 3 heteroatoms. The number of nitrogens with zero attached hydrogens (tertiary/aromatic N) is 1. The van der Waals surface area contributed by atoms with E-state index in [2.05, 4.69) is 18.7 Å². The average molecular weight is 241 g/mol. The molecule has 0 aliphatic carbocycles. The molecular formula is C14H27NO2. The van der Waals surface area contributed by atoms with Crippen molar-refractivity contribution < 1.29 is 9.53 Å². The minimum Gasteiger partial charge on any atom is -0.465 e. The van der Waals surface area contributed by atoms with E-state index >= 15 is 0 Å². The predicted octanol–water partition coefficient (Wildman–Crippen LogP) is 2.98. The average Bonchev–Trinajstić information content (AvgIpc) is 2.56. The van der Waals surface area contributed by atoms with Crippen LogP contribution in [0.4, 0.5) is 0 Å². The number of rotatable bonds is 5. The normalized spacial score (nSPS) is 24.1. The molecule has 1 aliphatic rings. The van der Waals surface area contributed by atoms with Gasteiger partial charge in [-0.15, -0.1) is 0 Å². The van der Waals surface area contributed by atoms with Gasteiger partial charge in [-0.3, -0.25) is 9.69 Å². The molecule has 0 aromatic rings. The Kier molecular flexibility index (Phi) is 6.56. The summed E-state index contributed by atoms with van der Waals surface area (Å²) in [5.74, 6) is -0.0321. The van der Waals surface area contributed by atoms with E-state index in [1.165, 1.54) is 25.7 Å². The molecule has 0 amide bonds. The quantitative estimate of drug-likeness (QED) is 0.693. The van der Waals surface area contributed by atoms with E-state index in [4.69, 9.17) is 4.74 Å². The topological polar surface area (TPSA) is 29.5 Å². The molecule has 0 spiro atoms. The van der Waals surface area contributed by atoms with Crippen LogP contribution in [0.3, 0.4) is 0 Å². The lowest BCUT2D eigenvalue weighted by Crippen LogP contribution is -2.47. The molecular weight excluding hydrogens is 214 g/mol. The summed E-state index contributed by atoms with van der Waals surface area (Å²) in [7, 11) is 0. The lowest BCUT2D eigenvalue weighted by Gasteiger charge is -2.34. The van der Waals surface area contributed by atoms with Gasteiger partial charge in [0.2, 0.25) is 0 Å². The summed E-state index contributed by atoms with van der Waals surface area (Å²) in [5, 5.41) is 0. The van der Waals surface area contributed by atoms with E-state index in [9.17, 15) is 4.79 Å². The molecule has 0 aromatic heterocycles. The third-order valence-electron chi connectivity index (χ3n) is 3.74. The zero-order valence-electron chi connectivity index (χ0n) is 11.6. The number of carbonyl (C=O) groups excluding carboxylic acids is 1. The van der Waals surface area contributed by atoms with Crippen molar-refractivity contribution in [1.82, 2.24) is 4.90 Å². The Labute approximate surface area is 106 Å². The molecule has 1 aliphatic heterocycles. The van der Waals surface area contributed by atoms with Gasteiger partial charge in [-0.25, -0.2) is 0 Å². The predicted molar refractivity (Wildman–Crippen MR) is 70.0 cm³/mol. The molecule has 0 N–H and O–H groups in total. The van der Waals surface area contributed by atoms with Gasteiger partial charge in [0.25, 0.3) is 0 Å². The Balaban J connectivity index is 2.71. The first-order valence-corrected chi connectivity index (χ1v) is 7.16. The van der Waals surface area contributed by atoms with Crippen molar-refractivity contribution >= 4 is 5.97 Å². The summed E-state index contributed by atoms with van der Waals surface area (Å²) in [4.78, 5) is 14.4. The largest absolute Gasteiger partial charge is 0.465 e. The van der Waals surface area contributed by atoms with Crippen LogP contribution >= 0.6 is 0 Å². The van der Waals surface area contributed by atoms with Gasteiger partial charge >= 0.3 is 5.97 Å². The highest BCUT2D eigenvalue weighted by molar-refractivity contribution is 5.75. The van der Waals surface area contributed by atoms with E-state index in [0.717, 1.165) is 19.4 Å². The van der Waals surface area contributed by atoms with Gasteiger partial charge in [-0.05, 0) is 39.2 Å². The zero-order chi connectivity index (χ0) is 12.7. The number of hydrogen-bond acceptors (Lipinski definition) is 3. The van der Waals surface area contributed by atoms with Crippen LogP contribution in [-0.2, 0) is 9.53 Å². The van der Waals surface area contributed by atoms with E-state index in [1.54, 1.807) is 0 Å². The maximum absolute atomic E-state index is 12.0. The van der Waals surface area contributed by atoms with Gasteiger partial charge in [-0.2, -0.15) is 0 Å². The van der Waals surface area contributed by atoms with Crippen LogP contribution in [0.2, 0.25) is 0 Å². The number of ether oxygens (including phenoxy) is 1. The third kappa shape index (κ3) is 3.98. The molecule has 2 unspecified atom stereocenters. The Morgan fingerprint density at radius 2 is 2.06 bits per heavy atom. The number of likely N-dealkylation sites (tertiary alicyclic amines) is 1. The van der Waals surface area contributed by atoms with Crippen LogP contribution in [0.25, 0.3) is 0 Å². The number of carbonyl (C=O) groups is 1. The Bertz CT molecular complexity index is 230. The van der Waals surface area contributed by atoms with Crippen LogP contribution in [0.5, 0.6) is 0 Å². The summed E-state index contributed by atoms with van der Waals surface area (Å²) in [5.41, 5.74) is 0. The molecule has 100 valence electrons. The highest BCUT2D eigenvalue weighted by Crippen LogP contribution is 2.23. The Morgan fingerprint density at radius 1 is 1.29 bits per heavy atom. The fourth-order valence-electron chi connectivity index (χ4n) is 2.82. The van der Waals surface area contributed by atoms with Gasteiger partial charge in [0, 0.05) is 6.04 Å². The van der Waals surface area contributed by atoms with Crippen molar-refractivity contribution in [3.8, 4) is 0 Å². The Hall–Kier alpha value is -0.570. The summed E-state index contributed by atoms with van der Waals surface area (Å²) in [6.07, 6.45) is 7.03. The second kappa shape index (κ2) is 7.70. The highest BCUT2D eigenvalue weighted by Gasteiger charge is 2.30. The van der Waals surface area contributed by atoms with Crippen molar-refractivity contribution in [3.05, 3.63) is 0 Å². The Morgan fingerprint density at radius 3 is 2.65 bits per heavy atom. The second-order valence-corrected chi connectivity index (χ2v) is 4.83. The smallest absolute Gasteiger partial charge is 0.323 e. The maximum Gasteiger partial charge on any atom is 0.323 e. The summed E-state index contributed by atoms with van der Waals surface area (Å²) >= 11 is 0. The van der Waals surface area contributed by atoms with E-state index < -0.39 is 0 Å². The molecule has 1 rings (SSSR count). The molecule has 0 bridgehead atoms. The second-order valence-electron chi connectivity index (χ2n) is 4.83. The summed E-state index contributed by atoms with van der Waals surface area (Å²) < 4.78 is 5.20. The minimum absolute atomic E-state index is 0.0296. The van der Waals surface area contributed by atoms with Crippen molar-refractivity contribution in [2.45, 2.75) is 71.4 Å². The van der Waals surface area contributed by atoms with E-state index in [-0.39, 0.29) is 12.0 Å². The van der Waals surface area contributed by atoms with Crippen LogP contribution in [0, 0.1) is 0 Å². The maximum atomic E-state index is 12.0. The molecule has 0 aromatic carbocycles. The zero-order valence-corrected chi connectivity index (χ0v) is 11.6. The van der Waals surface area contributed by atoms with Gasteiger partial charge in [0.15, 0.2) is 0 Å². The van der Waals surface area contributed by atoms with Crippen molar-refractivity contribution in [1.29, 1.82) is 0 Å². The lowest BCUT2D eigenvalue weighted by atomic mass is 10.0. The van der Waals surface area contributed by atoms with Gasteiger partial charge < -0.3 is 4.74 Å². The van der Waals surface area contributed by atoms with E-state index in [0.29, 0.717) is 12.6 Å². The lowest BCUT2D eigenvalue weighted by molar-refractivity contribution is -0.150. The van der Waals surface area contributed by atoms with E-state index in [1.807, 2.05) is 6.92 Å². The first-order chi connectivity index (χ1) is 8.24. The van der Waals surface area contributed by atoms with Gasteiger partial charge in [-0.1, -0.05) is 26.7 Å². The summed E-state index contributed by atoms with van der Waals surface area (Å²) in [6, 6.07) is 0.532. The van der Waals surface area contributed by atoms with Gasteiger partial charge in [0.1, 0.15) is 6.04 Å². The highest BCUT2D eigenvalue weighted by atomic mass is 16.5. The molecule has 1 heterocycles. The fourth-order valence-corrected chi connectivity index (χ4v) is 2.82. The molecule has 0 radical (unpaired) electrons. The molecule has 3 nitrogen and oxygen atoms in total. The summed E-state index contributed by atoms with van der Waals surface area (Å²) in [6.45, 7) is 7.72. The standard InChI is InChI=1S/C14H27NO2/c1-4-12-10-8-7-9-11-15(12)13(5-2)14(16)17-6-3/h12-13H,4-11H2,1-3H3. The number of esters is 1. The third-order valence-corrected chi connectivity index (χ3v) is 3.74. The molecule has 0 saturated carbocycles. The van der Waals surface area contributed by atoms with Crippen molar-refractivity contribution in [2.24, 2.45) is 0 Å². The molecule has 17 heavy (non-hydrogen) atoms. The molecule has 1 saturated heterocycles. The monoisotopic (exact) mass is 241 g/mol. The van der Waals surface area contributed by atoms with Crippen molar-refractivity contribution in [3.63, 3.8) is 0 Å². The van der Waals surface area contributed by atoms with Crippen molar-refractivity contribution in [2.75, 3.05) is 13.2 Å². The van der Waals surface area contributed by atoms with Gasteiger partial charge in [0.05, 0.1) is 6.61 Å². The van der Waals surface area contributed by atoms with Crippen LogP contribution in [0.15, 0.2) is 0 Å². The number of hydrogen-bond donors (Lipinski definition) is 0. The SMILES string of the molecule is CCOC(=O)C(CC)N1CCCCCC1CC. The van der Waals surface area contributed by atoms with Crippen LogP contribution in [-0.4, -0.2) is 36.1 Å². The van der Waals surface area contributed by atoms with Crippen LogP contribution in [0.1, 0.15) is 59.3 Å². The molecule has 1 fully saturated rings. The minimum atomic E-state index is -0.0321. The first kappa shape index (κ1) is 14.5. The first-order valence-electron chi connectivity index (χ1n) is 7.16. The fraction of sp³-hybridized carbons (Fsp3) is 0.929. The molecule has 2 atom stereocenters. The van der Waals surface area contributed by atoms with Crippen LogP contribution < -0.4 is 0 Å².